The molecule has 3 heterocycles. The molecule has 5 atom stereocenters. The summed E-state index contributed by atoms with van der Waals surface area (Å²) in [5.74, 6) is 0.651. The molecule has 2 bridgehead atoms. The van der Waals surface area contributed by atoms with E-state index in [-0.39, 0.29) is 17.4 Å². The summed E-state index contributed by atoms with van der Waals surface area (Å²) in [5.41, 5.74) is 3.48. The number of allylic oxidation sites excluding steroid dienone is 1. The molecule has 1 aliphatic carbocycles. The topological polar surface area (TPSA) is 52.6 Å². The van der Waals surface area contributed by atoms with E-state index in [4.69, 9.17) is 0 Å². The van der Waals surface area contributed by atoms with Gasteiger partial charge in [-0.05, 0) is 43.9 Å². The smallest absolute Gasteiger partial charge is 0.138 e. The predicted molar refractivity (Wildman–Crippen MR) is 88.6 cm³/mol. The Morgan fingerprint density at radius 2 is 2.30 bits per heavy atom. The number of hydrogen-bond donors (Lipinski definition) is 2. The van der Waals surface area contributed by atoms with E-state index >= 15 is 0 Å². The number of piperidine rings is 1. The fourth-order valence-corrected chi connectivity index (χ4v) is 6.03. The number of carbonyl (C=O) groups is 1. The Hall–Kier alpha value is -1.81. The number of para-hydroxylation sites is 1. The van der Waals surface area contributed by atoms with Gasteiger partial charge in [-0.3, -0.25) is 4.90 Å². The molecule has 0 radical (unpaired) electrons. The van der Waals surface area contributed by atoms with Crippen LogP contribution < -0.4 is 5.32 Å². The molecule has 2 N–H and O–H groups in total. The van der Waals surface area contributed by atoms with E-state index < -0.39 is 0 Å². The average molecular weight is 310 g/mol. The fourth-order valence-electron chi connectivity index (χ4n) is 6.03. The molecule has 3 aliphatic heterocycles. The van der Waals surface area contributed by atoms with E-state index in [9.17, 15) is 9.90 Å². The highest BCUT2D eigenvalue weighted by Gasteiger charge is 2.65. The summed E-state index contributed by atoms with van der Waals surface area (Å²) in [6.45, 7) is 4.17. The highest BCUT2D eigenvalue weighted by atomic mass is 16.3. The molecule has 23 heavy (non-hydrogen) atoms. The standard InChI is InChI=1S/C19H22N2O2/c1-2-11-9-21-7-6-19-14-4-3-5-15(23)17(14)20-18(19)13(10-22)12(11)8-16(19)21/h2-5,10,12-13,16,18,20,23H,6-9H2,1H3. The first-order valence-corrected chi connectivity index (χ1v) is 8.64. The average Bonchev–Trinajstić information content (AvgIpc) is 3.12. The van der Waals surface area contributed by atoms with E-state index in [1.807, 2.05) is 6.07 Å². The summed E-state index contributed by atoms with van der Waals surface area (Å²) >= 11 is 0. The second-order valence-corrected chi connectivity index (χ2v) is 7.52. The molecule has 4 heteroatoms. The number of benzene rings is 1. The summed E-state index contributed by atoms with van der Waals surface area (Å²) in [5, 5.41) is 13.9. The summed E-state index contributed by atoms with van der Waals surface area (Å²) < 4.78 is 0. The molecule has 4 aliphatic rings. The summed E-state index contributed by atoms with van der Waals surface area (Å²) in [6, 6.07) is 6.42. The van der Waals surface area contributed by atoms with Gasteiger partial charge in [-0.25, -0.2) is 0 Å². The Morgan fingerprint density at radius 1 is 1.43 bits per heavy atom. The molecule has 5 rings (SSSR count). The Kier molecular flexibility index (Phi) is 2.59. The predicted octanol–water partition coefficient (Wildman–Crippen LogP) is 2.29. The number of rotatable bonds is 1. The van der Waals surface area contributed by atoms with Crippen molar-refractivity contribution in [3.05, 3.63) is 35.4 Å². The zero-order valence-corrected chi connectivity index (χ0v) is 13.3. The van der Waals surface area contributed by atoms with Gasteiger partial charge in [0.25, 0.3) is 0 Å². The number of fused-ring (bicyclic) bond motifs is 2. The third-order valence-electron chi connectivity index (χ3n) is 6.96. The number of nitrogens with one attached hydrogen (secondary N) is 1. The number of anilines is 1. The minimum Gasteiger partial charge on any atom is -0.506 e. The summed E-state index contributed by atoms with van der Waals surface area (Å²) in [6.07, 6.45) is 5.51. The molecule has 0 aromatic heterocycles. The SMILES string of the molecule is CC=C1CN2CCC34c5cccc(O)c5NC3C(C=O)C1CC24. The van der Waals surface area contributed by atoms with Crippen molar-refractivity contribution in [1.82, 2.24) is 4.90 Å². The van der Waals surface area contributed by atoms with E-state index in [0.717, 1.165) is 31.6 Å². The third-order valence-corrected chi connectivity index (χ3v) is 6.96. The van der Waals surface area contributed by atoms with Crippen LogP contribution in [0.1, 0.15) is 25.3 Å². The van der Waals surface area contributed by atoms with Gasteiger partial charge < -0.3 is 15.2 Å². The van der Waals surface area contributed by atoms with Crippen LogP contribution in [0.3, 0.4) is 0 Å². The molecule has 4 nitrogen and oxygen atoms in total. The van der Waals surface area contributed by atoms with Crippen LogP contribution in [-0.2, 0) is 10.2 Å². The van der Waals surface area contributed by atoms with E-state index in [1.165, 1.54) is 17.4 Å². The number of carbonyl (C=O) groups excluding carboxylic acids is 1. The molecule has 5 unspecified atom stereocenters. The van der Waals surface area contributed by atoms with E-state index in [0.29, 0.717) is 17.7 Å². The van der Waals surface area contributed by atoms with Gasteiger partial charge in [0.2, 0.25) is 0 Å². The molecule has 1 spiro atoms. The molecule has 3 fully saturated rings. The first kappa shape index (κ1) is 13.6. The lowest BCUT2D eigenvalue weighted by atomic mass is 9.56. The van der Waals surface area contributed by atoms with Crippen LogP contribution in [0.4, 0.5) is 5.69 Å². The van der Waals surface area contributed by atoms with Crippen LogP contribution in [0.2, 0.25) is 0 Å². The highest BCUT2D eigenvalue weighted by Crippen LogP contribution is 2.61. The van der Waals surface area contributed by atoms with Crippen LogP contribution in [-0.4, -0.2) is 41.5 Å². The van der Waals surface area contributed by atoms with Crippen molar-refractivity contribution in [1.29, 1.82) is 0 Å². The Bertz CT molecular complexity index is 728. The van der Waals surface area contributed by atoms with Crippen molar-refractivity contribution in [2.24, 2.45) is 11.8 Å². The highest BCUT2D eigenvalue weighted by molar-refractivity contribution is 5.74. The van der Waals surface area contributed by atoms with Crippen LogP contribution >= 0.6 is 0 Å². The molecule has 0 amide bonds. The van der Waals surface area contributed by atoms with Crippen LogP contribution in [0.5, 0.6) is 5.75 Å². The van der Waals surface area contributed by atoms with Gasteiger partial charge in [-0.1, -0.05) is 23.8 Å². The quantitative estimate of drug-likeness (QED) is 0.475. The number of nitrogens with zero attached hydrogens (tertiary/aromatic N) is 1. The summed E-state index contributed by atoms with van der Waals surface area (Å²) in [4.78, 5) is 14.6. The monoisotopic (exact) mass is 310 g/mol. The number of aromatic hydroxyl groups is 1. The van der Waals surface area contributed by atoms with Crippen molar-refractivity contribution >= 4 is 12.0 Å². The van der Waals surface area contributed by atoms with Crippen molar-refractivity contribution < 1.29 is 9.90 Å². The van der Waals surface area contributed by atoms with Gasteiger partial charge >= 0.3 is 0 Å². The van der Waals surface area contributed by atoms with Crippen molar-refractivity contribution in [3.8, 4) is 5.75 Å². The van der Waals surface area contributed by atoms with Crippen molar-refractivity contribution in [3.63, 3.8) is 0 Å². The second-order valence-electron chi connectivity index (χ2n) is 7.52. The molecule has 1 aromatic rings. The minimum atomic E-state index is -0.0184. The largest absolute Gasteiger partial charge is 0.506 e. The lowest BCUT2D eigenvalue weighted by Crippen LogP contribution is -2.62. The molecule has 120 valence electrons. The number of phenols is 1. The van der Waals surface area contributed by atoms with Crippen LogP contribution in [0.25, 0.3) is 0 Å². The van der Waals surface area contributed by atoms with E-state index in [2.05, 4.69) is 29.3 Å². The fraction of sp³-hybridized carbons (Fsp3) is 0.526. The molecule has 1 aromatic carbocycles. The maximum atomic E-state index is 12.0. The van der Waals surface area contributed by atoms with Crippen LogP contribution in [0, 0.1) is 11.8 Å². The van der Waals surface area contributed by atoms with Gasteiger partial charge in [0.15, 0.2) is 0 Å². The van der Waals surface area contributed by atoms with Gasteiger partial charge in [-0.2, -0.15) is 0 Å². The maximum Gasteiger partial charge on any atom is 0.138 e. The zero-order valence-electron chi connectivity index (χ0n) is 13.3. The number of hydrogen-bond acceptors (Lipinski definition) is 4. The van der Waals surface area contributed by atoms with Gasteiger partial charge in [0.1, 0.15) is 12.0 Å². The Morgan fingerprint density at radius 3 is 3.09 bits per heavy atom. The molecule has 1 saturated carbocycles. The van der Waals surface area contributed by atoms with Crippen LogP contribution in [0.15, 0.2) is 29.8 Å². The second kappa shape index (κ2) is 4.38. The molecular weight excluding hydrogens is 288 g/mol. The first-order valence-electron chi connectivity index (χ1n) is 8.64. The van der Waals surface area contributed by atoms with Crippen molar-refractivity contribution in [2.45, 2.75) is 37.3 Å². The lowest BCUT2D eigenvalue weighted by Gasteiger charge is -2.53. The zero-order chi connectivity index (χ0) is 15.8. The Balaban J connectivity index is 1.74. The third kappa shape index (κ3) is 1.44. The van der Waals surface area contributed by atoms with Gasteiger partial charge in [0, 0.05) is 30.0 Å². The Labute approximate surface area is 136 Å². The van der Waals surface area contributed by atoms with Crippen molar-refractivity contribution in [2.75, 3.05) is 18.4 Å². The van der Waals surface area contributed by atoms with E-state index in [1.54, 1.807) is 6.07 Å². The first-order chi connectivity index (χ1) is 11.2. The maximum absolute atomic E-state index is 12.0. The normalized spacial score (nSPS) is 42.2. The van der Waals surface area contributed by atoms with Gasteiger partial charge in [-0.15, -0.1) is 0 Å². The molecule has 2 saturated heterocycles. The molecular formula is C19H22N2O2. The minimum absolute atomic E-state index is 0.00972. The number of aldehydes is 1. The summed E-state index contributed by atoms with van der Waals surface area (Å²) in [7, 11) is 0. The number of phenolic OH excluding ortho intramolecular Hbond substituents is 1. The van der Waals surface area contributed by atoms with Gasteiger partial charge in [0.05, 0.1) is 5.69 Å². The lowest BCUT2D eigenvalue weighted by molar-refractivity contribution is -0.115.